The average Bonchev–Trinajstić information content (AvgIpc) is 3.49. The Morgan fingerprint density at radius 3 is 2.00 bits per heavy atom. The van der Waals surface area contributed by atoms with Gasteiger partial charge in [-0.3, -0.25) is 33.6 Å². The fraction of sp³-hybridized carbons (Fsp3) is 0.767. The van der Waals surface area contributed by atoms with Crippen LogP contribution in [0.1, 0.15) is 86.0 Å². The maximum atomic E-state index is 13.6. The van der Waals surface area contributed by atoms with Crippen LogP contribution in [-0.2, 0) is 33.6 Å². The summed E-state index contributed by atoms with van der Waals surface area (Å²) in [6.07, 6.45) is 2.37. The Morgan fingerprint density at radius 2 is 1.46 bits per heavy atom. The first-order chi connectivity index (χ1) is 21.5. The summed E-state index contributed by atoms with van der Waals surface area (Å²) in [5, 5.41) is 19.3. The van der Waals surface area contributed by atoms with Gasteiger partial charge in [0.25, 0.3) is 0 Å². The number of amides is 6. The first-order valence-corrected chi connectivity index (χ1v) is 16.0. The van der Waals surface area contributed by atoms with Crippen LogP contribution in [0.5, 0.6) is 0 Å². The minimum atomic E-state index is -1.32. The first-order valence-electron chi connectivity index (χ1n) is 16.0. The number of unbranched alkanes of at least 4 members (excludes halogenated alkanes) is 1. The fourth-order valence-electron chi connectivity index (χ4n) is 5.00. The van der Waals surface area contributed by atoms with E-state index in [1.807, 2.05) is 13.8 Å². The number of carboxylic acids is 1. The molecule has 262 valence electrons. The number of carbonyl (C=O) groups excluding carboxylic acids is 6. The maximum absolute atomic E-state index is 13.6. The summed E-state index contributed by atoms with van der Waals surface area (Å²) in [6, 6.07) is -6.36. The third kappa shape index (κ3) is 12.5. The van der Waals surface area contributed by atoms with Gasteiger partial charge in [-0.2, -0.15) is 0 Å². The minimum Gasteiger partial charge on any atom is -0.480 e. The number of rotatable bonds is 20. The molecule has 0 bridgehead atoms. The Balaban J connectivity index is 3.13. The molecule has 0 aliphatic carbocycles. The van der Waals surface area contributed by atoms with Crippen molar-refractivity contribution >= 4 is 41.4 Å². The summed E-state index contributed by atoms with van der Waals surface area (Å²) in [6.45, 7) is 9.19. The number of hydrogen-bond acceptors (Lipinski definition) is 9. The van der Waals surface area contributed by atoms with Crippen LogP contribution < -0.4 is 38.5 Å². The molecule has 7 atom stereocenters. The Bertz CT molecular complexity index is 1090. The molecule has 0 spiro atoms. The molecule has 1 rings (SSSR count). The van der Waals surface area contributed by atoms with Crippen LogP contribution >= 0.6 is 0 Å². The summed E-state index contributed by atoms with van der Waals surface area (Å²) in [5.41, 5.74) is 17.0. The number of nitrogens with zero attached hydrogens (tertiary/aromatic N) is 1. The van der Waals surface area contributed by atoms with Gasteiger partial charge in [-0.1, -0.05) is 34.1 Å². The number of carbonyl (C=O) groups is 7. The van der Waals surface area contributed by atoms with E-state index in [2.05, 4.69) is 21.3 Å². The van der Waals surface area contributed by atoms with E-state index in [4.69, 9.17) is 22.3 Å². The standard InChI is InChI=1S/C30H54N8O8/c1-6-17(4)23(33)29(44)38-15-9-11-21(38)27(42)37-24(16(2)3)28(43)36-19(10-7-8-14-31)26(41)35-20(12-13-22(32)39)25(40)34-18(5)30(45)46/h16-21,23-24H,6-15,31,33H2,1-5H3,(H2,32,39)(H,34,40)(H,35,41)(H,36,43)(H,37,42)(H,45,46)/t17-,18-,19-,20-,21-,23-,24-/m0/s1. The van der Waals surface area contributed by atoms with Crippen molar-refractivity contribution in [2.24, 2.45) is 29.0 Å². The summed E-state index contributed by atoms with van der Waals surface area (Å²) in [5.74, 6) is -5.58. The first kappa shape index (κ1) is 40.2. The van der Waals surface area contributed by atoms with E-state index in [1.165, 1.54) is 11.8 Å². The lowest BCUT2D eigenvalue weighted by molar-refractivity contribution is -0.142. The predicted molar refractivity (Wildman–Crippen MR) is 169 cm³/mol. The van der Waals surface area contributed by atoms with Gasteiger partial charge in [-0.05, 0) is 63.8 Å². The molecule has 46 heavy (non-hydrogen) atoms. The van der Waals surface area contributed by atoms with Crippen LogP contribution in [0.4, 0.5) is 0 Å². The molecule has 1 aliphatic heterocycles. The number of likely N-dealkylation sites (tertiary alicyclic amines) is 1. The van der Waals surface area contributed by atoms with Crippen molar-refractivity contribution in [3.63, 3.8) is 0 Å². The maximum Gasteiger partial charge on any atom is 0.325 e. The molecule has 1 aliphatic rings. The highest BCUT2D eigenvalue weighted by Crippen LogP contribution is 2.21. The summed E-state index contributed by atoms with van der Waals surface area (Å²) < 4.78 is 0. The topological polar surface area (TPSA) is 269 Å². The Hall–Kier alpha value is -3.79. The minimum absolute atomic E-state index is 0.0737. The van der Waals surface area contributed by atoms with E-state index in [0.29, 0.717) is 45.2 Å². The molecule has 0 radical (unpaired) electrons. The van der Waals surface area contributed by atoms with E-state index >= 15 is 0 Å². The summed E-state index contributed by atoms with van der Waals surface area (Å²) >= 11 is 0. The normalized spacial score (nSPS) is 18.4. The highest BCUT2D eigenvalue weighted by molar-refractivity contribution is 5.96. The van der Waals surface area contributed by atoms with E-state index < -0.39 is 77.7 Å². The second-order valence-corrected chi connectivity index (χ2v) is 12.3. The molecule has 16 nitrogen and oxygen atoms in total. The lowest BCUT2D eigenvalue weighted by atomic mass is 9.98. The Kier molecular flexibility index (Phi) is 17.2. The molecule has 1 fully saturated rings. The van der Waals surface area contributed by atoms with E-state index in [-0.39, 0.29) is 31.1 Å². The molecule has 1 saturated heterocycles. The van der Waals surface area contributed by atoms with E-state index in [1.54, 1.807) is 13.8 Å². The number of hydrogen-bond donors (Lipinski definition) is 8. The number of aliphatic carboxylic acids is 1. The molecule has 0 saturated carbocycles. The number of primary amides is 1. The Labute approximate surface area is 270 Å². The molecule has 0 aromatic heterocycles. The molecule has 16 heteroatoms. The highest BCUT2D eigenvalue weighted by Gasteiger charge is 2.39. The quantitative estimate of drug-likeness (QED) is 0.0700. The van der Waals surface area contributed by atoms with Crippen molar-refractivity contribution in [1.29, 1.82) is 0 Å². The van der Waals surface area contributed by atoms with Crippen LogP contribution in [0, 0.1) is 11.8 Å². The highest BCUT2D eigenvalue weighted by atomic mass is 16.4. The Morgan fingerprint density at radius 1 is 0.870 bits per heavy atom. The largest absolute Gasteiger partial charge is 0.480 e. The van der Waals surface area contributed by atoms with Crippen molar-refractivity contribution in [2.45, 2.75) is 122 Å². The number of nitrogens with one attached hydrogen (secondary N) is 4. The second-order valence-electron chi connectivity index (χ2n) is 12.3. The van der Waals surface area contributed by atoms with Crippen LogP contribution in [0.15, 0.2) is 0 Å². The van der Waals surface area contributed by atoms with Crippen molar-refractivity contribution in [2.75, 3.05) is 13.1 Å². The van der Waals surface area contributed by atoms with E-state index in [9.17, 15) is 33.6 Å². The van der Waals surface area contributed by atoms with Crippen LogP contribution in [0.3, 0.4) is 0 Å². The summed E-state index contributed by atoms with van der Waals surface area (Å²) in [7, 11) is 0. The smallest absolute Gasteiger partial charge is 0.325 e. The fourth-order valence-corrected chi connectivity index (χ4v) is 5.00. The zero-order chi connectivity index (χ0) is 35.1. The third-order valence-corrected chi connectivity index (χ3v) is 8.25. The van der Waals surface area contributed by atoms with Gasteiger partial charge in [0.2, 0.25) is 35.4 Å². The third-order valence-electron chi connectivity index (χ3n) is 8.25. The monoisotopic (exact) mass is 654 g/mol. The van der Waals surface area contributed by atoms with Gasteiger partial charge in [-0.15, -0.1) is 0 Å². The number of carboxylic acid groups (broad SMARTS) is 1. The van der Waals surface area contributed by atoms with Crippen LogP contribution in [0.25, 0.3) is 0 Å². The molecule has 6 amide bonds. The lowest BCUT2D eigenvalue weighted by Gasteiger charge is -2.31. The molecular formula is C30H54N8O8. The van der Waals surface area contributed by atoms with Gasteiger partial charge in [0.05, 0.1) is 6.04 Å². The van der Waals surface area contributed by atoms with Crippen LogP contribution in [0.2, 0.25) is 0 Å². The molecule has 0 unspecified atom stereocenters. The predicted octanol–water partition coefficient (Wildman–Crippen LogP) is -1.55. The SMILES string of the molecule is CC[C@H](C)[C@H](N)C(=O)N1CCC[C@H]1C(=O)N[C@H](C(=O)N[C@@H](CCCCN)C(=O)N[C@@H](CCC(N)=O)C(=O)N[C@@H](C)C(=O)O)C(C)C. The van der Waals surface area contributed by atoms with Gasteiger partial charge in [0, 0.05) is 13.0 Å². The van der Waals surface area contributed by atoms with Gasteiger partial charge in [0.1, 0.15) is 30.2 Å². The van der Waals surface area contributed by atoms with Crippen molar-refractivity contribution in [3.8, 4) is 0 Å². The molecular weight excluding hydrogens is 600 g/mol. The molecule has 0 aromatic rings. The van der Waals surface area contributed by atoms with Gasteiger partial charge >= 0.3 is 5.97 Å². The number of nitrogens with two attached hydrogens (primary N) is 3. The van der Waals surface area contributed by atoms with Crippen molar-refractivity contribution in [3.05, 3.63) is 0 Å². The van der Waals surface area contributed by atoms with Crippen molar-refractivity contribution < 1.29 is 38.7 Å². The zero-order valence-corrected chi connectivity index (χ0v) is 27.7. The van der Waals surface area contributed by atoms with Crippen molar-refractivity contribution in [1.82, 2.24) is 26.2 Å². The van der Waals surface area contributed by atoms with Gasteiger partial charge < -0.3 is 48.5 Å². The lowest BCUT2D eigenvalue weighted by Crippen LogP contribution is -2.60. The van der Waals surface area contributed by atoms with Gasteiger partial charge in [0.15, 0.2) is 0 Å². The van der Waals surface area contributed by atoms with Crippen LogP contribution in [-0.4, -0.2) is 101 Å². The van der Waals surface area contributed by atoms with Gasteiger partial charge in [-0.25, -0.2) is 0 Å². The average molecular weight is 655 g/mol. The van der Waals surface area contributed by atoms with E-state index in [0.717, 1.165) is 0 Å². The molecule has 0 aromatic carbocycles. The second kappa shape index (κ2) is 19.7. The molecule has 11 N–H and O–H groups in total. The summed E-state index contributed by atoms with van der Waals surface area (Å²) in [4.78, 5) is 90.4. The molecule has 1 heterocycles. The zero-order valence-electron chi connectivity index (χ0n) is 27.7.